The van der Waals surface area contributed by atoms with Crippen LogP contribution >= 0.6 is 23.0 Å². The Morgan fingerprint density at radius 2 is 1.62 bits per heavy atom. The summed E-state index contributed by atoms with van der Waals surface area (Å²) in [5.41, 5.74) is 14.5. The molecule has 1 aliphatic heterocycles. The highest BCUT2D eigenvalue weighted by Gasteiger charge is 2.47. The van der Waals surface area contributed by atoms with E-state index in [2.05, 4.69) is 185 Å². The highest BCUT2D eigenvalue weighted by molar-refractivity contribution is 14.1. The summed E-state index contributed by atoms with van der Waals surface area (Å²) in [5, 5.41) is 16.4. The molecule has 8 nitrogen and oxygen atoms in total. The second-order valence-electron chi connectivity index (χ2n) is 19.3. The molecule has 0 unspecified atom stereocenters. The number of hydrogen-bond donors (Lipinski definition) is 2. The summed E-state index contributed by atoms with van der Waals surface area (Å²) in [4.78, 5) is 23.1. The number of aromatic nitrogens is 1. The quantitative estimate of drug-likeness (QED) is 0.0364. The lowest BCUT2D eigenvalue weighted by Crippen LogP contribution is -2.38. The average Bonchev–Trinajstić information content (AvgIpc) is 3.84. The first-order valence-electron chi connectivity index (χ1n) is 23.4. The van der Waals surface area contributed by atoms with Crippen LogP contribution in [0.1, 0.15) is 95.5 Å². The fraction of sp³-hybridized carbons (Fsp3) is 0.375. The van der Waals surface area contributed by atoms with Gasteiger partial charge in [0.1, 0.15) is 6.61 Å². The molecule has 0 radical (unpaired) electrons. The summed E-state index contributed by atoms with van der Waals surface area (Å²) in [5.74, 6) is -0.0304. The van der Waals surface area contributed by atoms with Gasteiger partial charge in [-0.1, -0.05) is 139 Å². The zero-order chi connectivity index (χ0) is 45.9. The molecule has 0 spiro atoms. The van der Waals surface area contributed by atoms with Gasteiger partial charge in [0, 0.05) is 88.9 Å². The zero-order valence-corrected chi connectivity index (χ0v) is 41.4. The third kappa shape index (κ3) is 8.89. The molecule has 2 aliphatic rings. The first-order valence-corrected chi connectivity index (χ1v) is 24.3. The van der Waals surface area contributed by atoms with Gasteiger partial charge >= 0.3 is 0 Å². The van der Waals surface area contributed by atoms with E-state index in [4.69, 9.17) is 8.10 Å². The Balaban J connectivity index is 1.15. The standard InChI is InChI=1S/C56H65IN4O4/c1-8-60-46-25-15-13-23-42(46)50-47(60)30-29-45(58-33-18-21-39-19-10-9-11-20-39)52(50)54(2,3)32-17-16-26-48-55(4,5)44-28-27-41-40-22-12-14-24-43(40)56(6,7)51(41)53(44)61(48)34-31-49(63)59(35-37-62)36-38-64-65-57/h9-17,19-20,22-30,58,62H,8,18,21,31-38H2,1-7H3/b17-16+,48-26+. The van der Waals surface area contributed by atoms with Crippen molar-refractivity contribution in [2.75, 3.05) is 49.6 Å². The number of carbonyl (C=O) groups excluding carboxylic acids is 1. The number of aliphatic hydroxyl groups excluding tert-OH is 1. The van der Waals surface area contributed by atoms with E-state index in [-0.39, 0.29) is 48.3 Å². The van der Waals surface area contributed by atoms with Gasteiger partial charge in [-0.15, -0.1) is 0 Å². The Morgan fingerprint density at radius 1 is 0.862 bits per heavy atom. The molecule has 1 aromatic heterocycles. The summed E-state index contributed by atoms with van der Waals surface area (Å²) in [6, 6.07) is 37.6. The molecular weight excluding hydrogens is 920 g/mol. The van der Waals surface area contributed by atoms with Crippen molar-refractivity contribution >= 4 is 62.1 Å². The molecule has 0 saturated heterocycles. The molecule has 6 aromatic rings. The molecule has 1 aliphatic carbocycles. The Hall–Kier alpha value is -4.94. The van der Waals surface area contributed by atoms with E-state index in [9.17, 15) is 9.90 Å². The summed E-state index contributed by atoms with van der Waals surface area (Å²) in [7, 11) is 0. The number of amides is 1. The minimum Gasteiger partial charge on any atom is -0.395 e. The number of nitrogens with one attached hydrogen (secondary N) is 1. The van der Waals surface area contributed by atoms with Crippen LogP contribution in [0.5, 0.6) is 0 Å². The average molecular weight is 985 g/mol. The van der Waals surface area contributed by atoms with Gasteiger partial charge in [-0.05, 0) is 94.8 Å². The lowest BCUT2D eigenvalue weighted by molar-refractivity contribution is -0.171. The Bertz CT molecular complexity index is 2730. The highest BCUT2D eigenvalue weighted by Crippen LogP contribution is 2.59. The maximum Gasteiger partial charge on any atom is 0.224 e. The summed E-state index contributed by atoms with van der Waals surface area (Å²) >= 11 is 1.68. The van der Waals surface area contributed by atoms with Crippen molar-refractivity contribution in [1.29, 1.82) is 0 Å². The number of anilines is 2. The monoisotopic (exact) mass is 984 g/mol. The van der Waals surface area contributed by atoms with E-state index >= 15 is 0 Å². The van der Waals surface area contributed by atoms with Crippen LogP contribution in [0, 0.1) is 0 Å². The zero-order valence-electron chi connectivity index (χ0n) is 39.2. The normalized spacial score (nSPS) is 15.6. The third-order valence-corrected chi connectivity index (χ3v) is 14.3. The first-order chi connectivity index (χ1) is 31.3. The highest BCUT2D eigenvalue weighted by atomic mass is 127. The van der Waals surface area contributed by atoms with Crippen LogP contribution in [0.4, 0.5) is 11.4 Å². The van der Waals surface area contributed by atoms with Crippen LogP contribution in [0.15, 0.2) is 127 Å². The predicted octanol–water partition coefficient (Wildman–Crippen LogP) is 12.6. The number of benzene rings is 5. The summed E-state index contributed by atoms with van der Waals surface area (Å²) < 4.78 is 7.23. The number of rotatable bonds is 19. The largest absolute Gasteiger partial charge is 0.395 e. The smallest absolute Gasteiger partial charge is 0.224 e. The fourth-order valence-corrected chi connectivity index (χ4v) is 11.1. The van der Waals surface area contributed by atoms with Crippen molar-refractivity contribution in [1.82, 2.24) is 9.47 Å². The molecule has 9 heteroatoms. The van der Waals surface area contributed by atoms with Gasteiger partial charge in [0.05, 0.1) is 6.61 Å². The van der Waals surface area contributed by atoms with Crippen molar-refractivity contribution in [2.45, 2.75) is 96.9 Å². The van der Waals surface area contributed by atoms with Crippen molar-refractivity contribution in [2.24, 2.45) is 0 Å². The minimum atomic E-state index is -0.335. The lowest BCUT2D eigenvalue weighted by Gasteiger charge is -2.31. The number of aryl methyl sites for hydroxylation is 2. The van der Waals surface area contributed by atoms with Crippen LogP contribution < -0.4 is 10.2 Å². The summed E-state index contributed by atoms with van der Waals surface area (Å²) in [6.45, 7) is 19.3. The van der Waals surface area contributed by atoms with Gasteiger partial charge in [0.15, 0.2) is 23.0 Å². The number of allylic oxidation sites excluding steroid dienone is 4. The van der Waals surface area contributed by atoms with Gasteiger partial charge in [-0.25, -0.2) is 4.89 Å². The molecule has 8 rings (SSSR count). The number of halogens is 1. The maximum atomic E-state index is 13.9. The number of carbonyl (C=O) groups is 1. The van der Waals surface area contributed by atoms with E-state index in [0.717, 1.165) is 32.4 Å². The van der Waals surface area contributed by atoms with Gasteiger partial charge < -0.3 is 24.8 Å². The molecular formula is C56H65IN4O4. The van der Waals surface area contributed by atoms with Gasteiger partial charge in [-0.2, -0.15) is 3.22 Å². The van der Waals surface area contributed by atoms with E-state index in [0.29, 0.717) is 13.1 Å². The van der Waals surface area contributed by atoms with Gasteiger partial charge in [0.25, 0.3) is 0 Å². The summed E-state index contributed by atoms with van der Waals surface area (Å²) in [6.07, 6.45) is 10.1. The number of nitrogens with zero attached hydrogens (tertiary/aromatic N) is 3. The van der Waals surface area contributed by atoms with Gasteiger partial charge in [-0.3, -0.25) is 4.79 Å². The minimum absolute atomic E-state index is 0.0304. The molecule has 2 N–H and O–H groups in total. The fourth-order valence-electron chi connectivity index (χ4n) is 10.9. The molecule has 2 heterocycles. The molecule has 65 heavy (non-hydrogen) atoms. The molecule has 0 bridgehead atoms. The second-order valence-corrected chi connectivity index (χ2v) is 19.7. The van der Waals surface area contributed by atoms with Crippen molar-refractivity contribution in [3.63, 3.8) is 0 Å². The predicted molar refractivity (Wildman–Crippen MR) is 277 cm³/mol. The van der Waals surface area contributed by atoms with Crippen LogP contribution in [0.3, 0.4) is 0 Å². The maximum absolute atomic E-state index is 13.9. The SMILES string of the molecule is CCn1c2ccccc2c2c(C(C)(C)C/C=C/C=C3/N(CCC(=O)N(CCO)CCOOI)c4c(ccc5c4C(C)(C)c4ccccc4-5)C3(C)C)c(NCCCc3ccccc3)ccc21. The Kier molecular flexibility index (Phi) is 14.0. The van der Waals surface area contributed by atoms with Crippen molar-refractivity contribution < 1.29 is 18.0 Å². The first kappa shape index (κ1) is 46.6. The topological polar surface area (TPSA) is 79.2 Å². The van der Waals surface area contributed by atoms with E-state index in [1.54, 1.807) is 27.9 Å². The van der Waals surface area contributed by atoms with E-state index in [1.807, 2.05) is 0 Å². The van der Waals surface area contributed by atoms with Crippen molar-refractivity contribution in [3.8, 4) is 11.1 Å². The van der Waals surface area contributed by atoms with Crippen LogP contribution in [-0.2, 0) is 42.1 Å². The Morgan fingerprint density at radius 3 is 2.38 bits per heavy atom. The number of aliphatic hydroxyl groups is 1. The molecule has 0 atom stereocenters. The molecule has 5 aromatic carbocycles. The molecule has 0 saturated carbocycles. The second kappa shape index (κ2) is 19.5. The van der Waals surface area contributed by atoms with Gasteiger partial charge in [0.2, 0.25) is 5.91 Å². The van der Waals surface area contributed by atoms with Crippen LogP contribution in [-0.4, -0.2) is 59.9 Å². The number of hydrogen-bond acceptors (Lipinski definition) is 6. The molecule has 1 amide bonds. The van der Waals surface area contributed by atoms with E-state index < -0.39 is 0 Å². The Labute approximate surface area is 399 Å². The number of fused-ring (bicyclic) bond motifs is 8. The number of para-hydroxylation sites is 1. The van der Waals surface area contributed by atoms with Crippen LogP contribution in [0.25, 0.3) is 32.9 Å². The molecule has 0 fully saturated rings. The van der Waals surface area contributed by atoms with Crippen molar-refractivity contribution in [3.05, 3.63) is 155 Å². The lowest BCUT2D eigenvalue weighted by atomic mass is 9.77. The van der Waals surface area contributed by atoms with Crippen LogP contribution in [0.2, 0.25) is 0 Å². The third-order valence-electron chi connectivity index (χ3n) is 14.1. The molecule has 340 valence electrons. The van der Waals surface area contributed by atoms with E-state index in [1.165, 1.54) is 77.8 Å².